The summed E-state index contributed by atoms with van der Waals surface area (Å²) in [5.74, 6) is -0.238. The van der Waals surface area contributed by atoms with Crippen molar-refractivity contribution in [2.24, 2.45) is 0 Å². The lowest BCUT2D eigenvalue weighted by Gasteiger charge is -2.20. The maximum Gasteiger partial charge on any atom is 0.231 e. The number of carbonyl (C=O) groups excluding carboxylic acids is 1. The van der Waals surface area contributed by atoms with Gasteiger partial charge in [0.2, 0.25) is 5.91 Å². The number of nitrogens with one attached hydrogen (secondary N) is 1. The van der Waals surface area contributed by atoms with Crippen LogP contribution in [-0.4, -0.2) is 5.91 Å². The number of carbonyl (C=O) groups is 1. The van der Waals surface area contributed by atoms with Crippen molar-refractivity contribution in [2.75, 3.05) is 0 Å². The number of hydrogen-bond donors (Lipinski definition) is 1. The lowest BCUT2D eigenvalue weighted by molar-refractivity contribution is -0.124. The van der Waals surface area contributed by atoms with Gasteiger partial charge in [0.15, 0.2) is 0 Å². The van der Waals surface area contributed by atoms with E-state index in [9.17, 15) is 9.18 Å². The van der Waals surface area contributed by atoms with Crippen LogP contribution in [0.25, 0.3) is 0 Å². The Hall–Kier alpha value is -2.16. The number of amides is 1. The minimum Gasteiger partial charge on any atom is -0.349 e. The fourth-order valence-corrected chi connectivity index (χ4v) is 2.70. The summed E-state index contributed by atoms with van der Waals surface area (Å²) in [6.07, 6.45) is 1.65. The summed E-state index contributed by atoms with van der Waals surface area (Å²) in [5.41, 5.74) is 1.53. The van der Waals surface area contributed by atoms with Crippen LogP contribution in [0.15, 0.2) is 54.6 Å². The summed E-state index contributed by atoms with van der Waals surface area (Å²) < 4.78 is 13.0. The first-order valence-electron chi connectivity index (χ1n) is 7.24. The Kier molecular flexibility index (Phi) is 3.50. The molecule has 3 rings (SSSR count). The van der Waals surface area contributed by atoms with E-state index in [4.69, 9.17) is 0 Å². The molecule has 0 bridgehead atoms. The molecule has 2 aromatic carbocycles. The van der Waals surface area contributed by atoms with Crippen LogP contribution in [0.1, 0.15) is 36.9 Å². The summed E-state index contributed by atoms with van der Waals surface area (Å²) in [5, 5.41) is 3.08. The molecule has 0 saturated heterocycles. The van der Waals surface area contributed by atoms with Crippen LogP contribution >= 0.6 is 0 Å². The average Bonchev–Trinajstić information content (AvgIpc) is 3.30. The van der Waals surface area contributed by atoms with Gasteiger partial charge in [0, 0.05) is 0 Å². The minimum atomic E-state index is -0.462. The Morgan fingerprint density at radius 3 is 2.29 bits per heavy atom. The standard InChI is InChI=1S/C18H18FNO/c1-13(14-5-3-2-4-6-14)20-17(21)18(11-12-18)15-7-9-16(19)10-8-15/h2-10,13H,11-12H2,1H3,(H,20,21)/t13-/m0/s1. The molecule has 2 nitrogen and oxygen atoms in total. The first kappa shape index (κ1) is 13.8. The van der Waals surface area contributed by atoms with Crippen molar-refractivity contribution >= 4 is 5.91 Å². The van der Waals surface area contributed by atoms with Gasteiger partial charge in [-0.1, -0.05) is 42.5 Å². The molecular weight excluding hydrogens is 265 g/mol. The summed E-state index contributed by atoms with van der Waals surface area (Å²) in [6, 6.07) is 16.1. The Morgan fingerprint density at radius 1 is 1.10 bits per heavy atom. The maximum absolute atomic E-state index is 13.0. The number of rotatable bonds is 4. The van der Waals surface area contributed by atoms with Crippen molar-refractivity contribution in [3.05, 3.63) is 71.5 Å². The van der Waals surface area contributed by atoms with E-state index in [2.05, 4.69) is 5.32 Å². The molecule has 0 radical (unpaired) electrons. The Bertz CT molecular complexity index is 632. The topological polar surface area (TPSA) is 29.1 Å². The average molecular weight is 283 g/mol. The highest BCUT2D eigenvalue weighted by Crippen LogP contribution is 2.48. The molecule has 1 amide bonds. The highest BCUT2D eigenvalue weighted by Gasteiger charge is 2.51. The fourth-order valence-electron chi connectivity index (χ4n) is 2.70. The molecular formula is C18H18FNO. The monoisotopic (exact) mass is 283 g/mol. The van der Waals surface area contributed by atoms with Crippen molar-refractivity contribution < 1.29 is 9.18 Å². The second-order valence-corrected chi connectivity index (χ2v) is 5.69. The van der Waals surface area contributed by atoms with Gasteiger partial charge >= 0.3 is 0 Å². The first-order chi connectivity index (χ1) is 10.1. The Labute approximate surface area is 124 Å². The number of halogens is 1. The van der Waals surface area contributed by atoms with E-state index in [0.29, 0.717) is 0 Å². The second kappa shape index (κ2) is 5.32. The fraction of sp³-hybridized carbons (Fsp3) is 0.278. The van der Waals surface area contributed by atoms with Crippen molar-refractivity contribution in [1.29, 1.82) is 0 Å². The van der Waals surface area contributed by atoms with Crippen molar-refractivity contribution in [3.8, 4) is 0 Å². The maximum atomic E-state index is 13.0. The zero-order valence-electron chi connectivity index (χ0n) is 12.0. The van der Waals surface area contributed by atoms with E-state index in [-0.39, 0.29) is 17.8 Å². The van der Waals surface area contributed by atoms with Gasteiger partial charge in [-0.3, -0.25) is 4.79 Å². The molecule has 1 N–H and O–H groups in total. The molecule has 2 aromatic rings. The highest BCUT2D eigenvalue weighted by molar-refractivity contribution is 5.91. The van der Waals surface area contributed by atoms with Gasteiger partial charge < -0.3 is 5.32 Å². The normalized spacial score (nSPS) is 17.0. The third kappa shape index (κ3) is 2.68. The van der Waals surface area contributed by atoms with Crippen molar-refractivity contribution in [3.63, 3.8) is 0 Å². The molecule has 1 atom stereocenters. The van der Waals surface area contributed by atoms with Crippen LogP contribution in [-0.2, 0) is 10.2 Å². The van der Waals surface area contributed by atoms with Crippen LogP contribution in [0.3, 0.4) is 0 Å². The molecule has 1 saturated carbocycles. The molecule has 1 aliphatic carbocycles. The molecule has 0 spiro atoms. The van der Waals surface area contributed by atoms with Gasteiger partial charge in [-0.2, -0.15) is 0 Å². The van der Waals surface area contributed by atoms with E-state index in [1.165, 1.54) is 12.1 Å². The predicted octanol–water partition coefficient (Wildman–Crippen LogP) is 3.73. The number of hydrogen-bond acceptors (Lipinski definition) is 1. The second-order valence-electron chi connectivity index (χ2n) is 5.69. The molecule has 0 aromatic heterocycles. The summed E-state index contributed by atoms with van der Waals surface area (Å²) in [6.45, 7) is 1.98. The van der Waals surface area contributed by atoms with E-state index in [1.54, 1.807) is 12.1 Å². The molecule has 0 heterocycles. The van der Waals surface area contributed by atoms with Crippen LogP contribution in [0.5, 0.6) is 0 Å². The van der Waals surface area contributed by atoms with Crippen LogP contribution in [0.4, 0.5) is 4.39 Å². The Balaban J connectivity index is 1.75. The van der Waals surface area contributed by atoms with Gasteiger partial charge in [0.1, 0.15) is 5.82 Å². The minimum absolute atomic E-state index is 0.0309. The van der Waals surface area contributed by atoms with Gasteiger partial charge in [-0.05, 0) is 43.0 Å². The van der Waals surface area contributed by atoms with Gasteiger partial charge in [-0.15, -0.1) is 0 Å². The highest BCUT2D eigenvalue weighted by atomic mass is 19.1. The van der Waals surface area contributed by atoms with Gasteiger partial charge in [0.05, 0.1) is 11.5 Å². The SMILES string of the molecule is C[C@H](NC(=O)C1(c2ccc(F)cc2)CC1)c1ccccc1. The smallest absolute Gasteiger partial charge is 0.231 e. The van der Waals surface area contributed by atoms with E-state index in [1.807, 2.05) is 37.3 Å². The molecule has 21 heavy (non-hydrogen) atoms. The summed E-state index contributed by atoms with van der Waals surface area (Å²) >= 11 is 0. The third-order valence-electron chi connectivity index (χ3n) is 4.23. The van der Waals surface area contributed by atoms with Crippen LogP contribution < -0.4 is 5.32 Å². The lowest BCUT2D eigenvalue weighted by atomic mass is 9.94. The van der Waals surface area contributed by atoms with Crippen LogP contribution in [0.2, 0.25) is 0 Å². The molecule has 0 aliphatic heterocycles. The van der Waals surface area contributed by atoms with E-state index < -0.39 is 5.41 Å². The molecule has 0 unspecified atom stereocenters. The third-order valence-corrected chi connectivity index (χ3v) is 4.23. The number of benzene rings is 2. The summed E-state index contributed by atoms with van der Waals surface area (Å²) in [7, 11) is 0. The predicted molar refractivity (Wildman–Crippen MR) is 80.3 cm³/mol. The molecule has 3 heteroatoms. The zero-order valence-corrected chi connectivity index (χ0v) is 12.0. The Morgan fingerprint density at radius 2 is 1.71 bits per heavy atom. The van der Waals surface area contributed by atoms with Crippen molar-refractivity contribution in [2.45, 2.75) is 31.2 Å². The van der Waals surface area contributed by atoms with Crippen LogP contribution in [0, 0.1) is 5.82 Å². The van der Waals surface area contributed by atoms with E-state index >= 15 is 0 Å². The molecule has 1 aliphatic rings. The van der Waals surface area contributed by atoms with Gasteiger partial charge in [-0.25, -0.2) is 4.39 Å². The largest absolute Gasteiger partial charge is 0.349 e. The molecule has 1 fully saturated rings. The first-order valence-corrected chi connectivity index (χ1v) is 7.24. The lowest BCUT2D eigenvalue weighted by Crippen LogP contribution is -2.36. The molecule has 108 valence electrons. The zero-order chi connectivity index (χ0) is 14.9. The van der Waals surface area contributed by atoms with Gasteiger partial charge in [0.25, 0.3) is 0 Å². The summed E-state index contributed by atoms with van der Waals surface area (Å²) in [4.78, 5) is 12.6. The quantitative estimate of drug-likeness (QED) is 0.910. The van der Waals surface area contributed by atoms with Crippen molar-refractivity contribution in [1.82, 2.24) is 5.32 Å². The van der Waals surface area contributed by atoms with E-state index in [0.717, 1.165) is 24.0 Å².